The Bertz CT molecular complexity index is 322. The molecule has 1 nitrogen and oxygen atoms in total. The molecule has 0 heterocycles. The fourth-order valence-corrected chi connectivity index (χ4v) is 2.91. The molecular weight excluding hydrogens is 206 g/mol. The Hall–Kier alpha value is -0.300. The molecule has 0 aromatic rings. The van der Waals surface area contributed by atoms with Crippen LogP contribution in [0.5, 0.6) is 0 Å². The first kappa shape index (κ1) is 14.8. The van der Waals surface area contributed by atoms with Gasteiger partial charge in [-0.3, -0.25) is 0 Å². The summed E-state index contributed by atoms with van der Waals surface area (Å²) in [6.07, 6.45) is 4.49. The van der Waals surface area contributed by atoms with Gasteiger partial charge in [0.1, 0.15) is 0 Å². The van der Waals surface area contributed by atoms with Crippen LogP contribution in [0, 0.1) is 16.2 Å². The summed E-state index contributed by atoms with van der Waals surface area (Å²) >= 11 is 0. The van der Waals surface area contributed by atoms with Gasteiger partial charge in [-0.2, -0.15) is 0 Å². The van der Waals surface area contributed by atoms with E-state index in [-0.39, 0.29) is 21.8 Å². The predicted octanol–water partition coefficient (Wildman–Crippen LogP) is 4.52. The lowest BCUT2D eigenvalue weighted by atomic mass is 9.51. The van der Waals surface area contributed by atoms with Gasteiger partial charge in [0.15, 0.2) is 0 Å². The molecular formula is C16H31N. The number of nitrogens with two attached hydrogens (primary N) is 1. The monoisotopic (exact) mass is 237 g/mol. The van der Waals surface area contributed by atoms with E-state index in [0.717, 1.165) is 12.8 Å². The second-order valence-corrected chi connectivity index (χ2v) is 8.36. The van der Waals surface area contributed by atoms with Gasteiger partial charge in [-0.05, 0) is 36.0 Å². The van der Waals surface area contributed by atoms with E-state index in [4.69, 9.17) is 5.73 Å². The summed E-state index contributed by atoms with van der Waals surface area (Å²) in [5.41, 5.74) is 8.70. The molecule has 0 saturated heterocycles. The minimum Gasteiger partial charge on any atom is -0.325 e. The zero-order valence-electron chi connectivity index (χ0n) is 13.1. The average Bonchev–Trinajstić information content (AvgIpc) is 2.05. The maximum atomic E-state index is 6.60. The Kier molecular flexibility index (Phi) is 3.34. The van der Waals surface area contributed by atoms with Crippen LogP contribution in [0.25, 0.3) is 0 Å². The topological polar surface area (TPSA) is 26.0 Å². The van der Waals surface area contributed by atoms with Crippen LogP contribution in [0.15, 0.2) is 11.6 Å². The first-order valence-electron chi connectivity index (χ1n) is 6.80. The number of rotatable bonds is 0. The quantitative estimate of drug-likeness (QED) is 0.616. The molecule has 2 atom stereocenters. The minimum absolute atomic E-state index is 0.111. The molecule has 1 aliphatic carbocycles. The van der Waals surface area contributed by atoms with Crippen molar-refractivity contribution in [2.24, 2.45) is 22.0 Å². The molecule has 100 valence electrons. The van der Waals surface area contributed by atoms with Crippen LogP contribution in [-0.4, -0.2) is 5.54 Å². The molecule has 1 heteroatoms. The van der Waals surface area contributed by atoms with Gasteiger partial charge in [0.2, 0.25) is 0 Å². The third-order valence-electron chi connectivity index (χ3n) is 5.20. The first-order chi connectivity index (χ1) is 7.31. The highest BCUT2D eigenvalue weighted by atomic mass is 14.8. The molecule has 1 aliphatic rings. The third-order valence-corrected chi connectivity index (χ3v) is 5.20. The van der Waals surface area contributed by atoms with E-state index in [9.17, 15) is 0 Å². The number of hydrogen-bond donors (Lipinski definition) is 1. The van der Waals surface area contributed by atoms with E-state index in [0.29, 0.717) is 0 Å². The zero-order chi connectivity index (χ0) is 13.7. The molecule has 0 aromatic carbocycles. The first-order valence-corrected chi connectivity index (χ1v) is 6.80. The van der Waals surface area contributed by atoms with E-state index < -0.39 is 0 Å². The average molecular weight is 237 g/mol. The summed E-state index contributed by atoms with van der Waals surface area (Å²) in [7, 11) is 0. The summed E-state index contributed by atoms with van der Waals surface area (Å²) in [5.74, 6) is 0. The largest absolute Gasteiger partial charge is 0.325 e. The van der Waals surface area contributed by atoms with Crippen LogP contribution in [-0.2, 0) is 0 Å². The van der Waals surface area contributed by atoms with Gasteiger partial charge in [-0.25, -0.2) is 0 Å². The van der Waals surface area contributed by atoms with Crippen molar-refractivity contribution in [1.29, 1.82) is 0 Å². The second-order valence-electron chi connectivity index (χ2n) is 8.36. The van der Waals surface area contributed by atoms with Crippen molar-refractivity contribution < 1.29 is 0 Å². The second kappa shape index (κ2) is 3.85. The fraction of sp³-hybridized carbons (Fsp3) is 0.875. The van der Waals surface area contributed by atoms with Gasteiger partial charge >= 0.3 is 0 Å². The summed E-state index contributed by atoms with van der Waals surface area (Å²) < 4.78 is 0. The highest BCUT2D eigenvalue weighted by Crippen LogP contribution is 2.55. The lowest BCUT2D eigenvalue weighted by Gasteiger charge is -2.56. The van der Waals surface area contributed by atoms with E-state index in [1.807, 2.05) is 0 Å². The van der Waals surface area contributed by atoms with Crippen molar-refractivity contribution in [2.45, 2.75) is 73.8 Å². The molecule has 17 heavy (non-hydrogen) atoms. The fourth-order valence-electron chi connectivity index (χ4n) is 2.91. The Labute approximate surface area is 108 Å². The lowest BCUT2D eigenvalue weighted by molar-refractivity contribution is 0.0103. The Morgan fingerprint density at radius 1 is 1.06 bits per heavy atom. The van der Waals surface area contributed by atoms with Crippen LogP contribution in [0.4, 0.5) is 0 Å². The van der Waals surface area contributed by atoms with E-state index in [1.54, 1.807) is 5.57 Å². The summed E-state index contributed by atoms with van der Waals surface area (Å²) in [6, 6.07) is 0. The summed E-state index contributed by atoms with van der Waals surface area (Å²) in [6.45, 7) is 18.5. The van der Waals surface area contributed by atoms with Crippen molar-refractivity contribution in [2.75, 3.05) is 0 Å². The van der Waals surface area contributed by atoms with E-state index >= 15 is 0 Å². The minimum atomic E-state index is -0.111. The Morgan fingerprint density at radius 3 is 1.88 bits per heavy atom. The molecule has 0 spiro atoms. The van der Waals surface area contributed by atoms with Crippen molar-refractivity contribution >= 4 is 0 Å². The molecule has 0 saturated carbocycles. The maximum absolute atomic E-state index is 6.60. The van der Waals surface area contributed by atoms with Gasteiger partial charge in [0.25, 0.3) is 0 Å². The standard InChI is InChI=1S/C16H31N/c1-13(2,3)12-9-10-16(8,17)15(7,11-12)14(4,5)6/h9H,10-11,17H2,1-8H3. The van der Waals surface area contributed by atoms with Crippen LogP contribution in [0.2, 0.25) is 0 Å². The molecule has 2 N–H and O–H groups in total. The number of hydrogen-bond acceptors (Lipinski definition) is 1. The van der Waals surface area contributed by atoms with Crippen molar-refractivity contribution in [3.63, 3.8) is 0 Å². The van der Waals surface area contributed by atoms with Crippen LogP contribution < -0.4 is 5.73 Å². The number of allylic oxidation sites excluding steroid dienone is 1. The van der Waals surface area contributed by atoms with Gasteiger partial charge < -0.3 is 5.73 Å². The molecule has 0 aromatic heterocycles. The highest BCUT2D eigenvalue weighted by molar-refractivity contribution is 5.24. The lowest BCUT2D eigenvalue weighted by Crippen LogP contribution is -2.59. The van der Waals surface area contributed by atoms with Gasteiger partial charge in [0, 0.05) is 5.54 Å². The van der Waals surface area contributed by atoms with Crippen molar-refractivity contribution in [3.8, 4) is 0 Å². The molecule has 0 amide bonds. The summed E-state index contributed by atoms with van der Waals surface area (Å²) in [4.78, 5) is 0. The van der Waals surface area contributed by atoms with Gasteiger partial charge in [-0.1, -0.05) is 60.1 Å². The molecule has 0 fully saturated rings. The van der Waals surface area contributed by atoms with E-state index in [2.05, 4.69) is 61.5 Å². The SMILES string of the molecule is CC(C)(C)C1=CCC(C)(N)C(C)(C(C)(C)C)C1. The van der Waals surface area contributed by atoms with Crippen LogP contribution in [0.3, 0.4) is 0 Å². The molecule has 2 unspecified atom stereocenters. The zero-order valence-corrected chi connectivity index (χ0v) is 13.1. The van der Waals surface area contributed by atoms with Crippen LogP contribution >= 0.6 is 0 Å². The smallest absolute Gasteiger partial charge is 0.0223 e. The third kappa shape index (κ3) is 2.45. The van der Waals surface area contributed by atoms with Crippen molar-refractivity contribution in [1.82, 2.24) is 0 Å². The summed E-state index contributed by atoms with van der Waals surface area (Å²) in [5, 5.41) is 0. The normalized spacial score (nSPS) is 35.7. The molecule has 1 rings (SSSR count). The predicted molar refractivity (Wildman–Crippen MR) is 76.9 cm³/mol. The van der Waals surface area contributed by atoms with Crippen molar-refractivity contribution in [3.05, 3.63) is 11.6 Å². The molecule has 0 aliphatic heterocycles. The highest BCUT2D eigenvalue weighted by Gasteiger charge is 2.51. The molecule has 0 bridgehead atoms. The Balaban J connectivity index is 3.21. The van der Waals surface area contributed by atoms with E-state index in [1.165, 1.54) is 0 Å². The van der Waals surface area contributed by atoms with Gasteiger partial charge in [-0.15, -0.1) is 0 Å². The molecule has 0 radical (unpaired) electrons. The van der Waals surface area contributed by atoms with Crippen LogP contribution in [0.1, 0.15) is 68.2 Å². The maximum Gasteiger partial charge on any atom is 0.0223 e. The Morgan fingerprint density at radius 2 is 1.53 bits per heavy atom. The van der Waals surface area contributed by atoms with Gasteiger partial charge in [0.05, 0.1) is 0 Å².